The van der Waals surface area contributed by atoms with Crippen molar-refractivity contribution in [2.75, 3.05) is 30.9 Å². The van der Waals surface area contributed by atoms with Gasteiger partial charge in [0.15, 0.2) is 0 Å². The first kappa shape index (κ1) is 19.1. The second-order valence-electron chi connectivity index (χ2n) is 5.70. The first-order valence-corrected chi connectivity index (χ1v) is 8.54. The molecule has 0 atom stereocenters. The summed E-state index contributed by atoms with van der Waals surface area (Å²) >= 11 is 0. The van der Waals surface area contributed by atoms with Gasteiger partial charge in [0.25, 0.3) is 5.91 Å². The summed E-state index contributed by atoms with van der Waals surface area (Å²) in [6, 6.07) is 12.9. The Morgan fingerprint density at radius 1 is 1.07 bits per heavy atom. The number of benzene rings is 2. The van der Waals surface area contributed by atoms with E-state index in [9.17, 15) is 9.18 Å². The number of rotatable bonds is 8. The van der Waals surface area contributed by atoms with E-state index in [0.717, 1.165) is 11.5 Å². The van der Waals surface area contributed by atoms with E-state index in [-0.39, 0.29) is 5.69 Å². The average molecular weight is 382 g/mol. The second kappa shape index (κ2) is 9.31. The minimum Gasteiger partial charge on any atom is -0.497 e. The lowest BCUT2D eigenvalue weighted by molar-refractivity contribution is 0.102. The molecule has 1 heterocycles. The molecule has 3 aromatic rings. The lowest BCUT2D eigenvalue weighted by atomic mass is 10.3. The van der Waals surface area contributed by atoms with Gasteiger partial charge in [-0.05, 0) is 42.5 Å². The smallest absolute Gasteiger partial charge is 0.275 e. The number of ether oxygens (including phenoxy) is 2. The van der Waals surface area contributed by atoms with E-state index in [4.69, 9.17) is 9.47 Å². The molecule has 3 rings (SSSR count). The Morgan fingerprint density at radius 3 is 2.54 bits per heavy atom. The number of amides is 1. The monoisotopic (exact) mass is 382 g/mol. The van der Waals surface area contributed by atoms with E-state index in [1.165, 1.54) is 30.6 Å². The number of nitrogens with zero attached hydrogens (tertiary/aromatic N) is 2. The van der Waals surface area contributed by atoms with Crippen LogP contribution < -0.4 is 20.1 Å². The normalized spacial score (nSPS) is 10.2. The molecule has 1 amide bonds. The fourth-order valence-corrected chi connectivity index (χ4v) is 2.32. The fraction of sp³-hybridized carbons (Fsp3) is 0.150. The van der Waals surface area contributed by atoms with Crippen LogP contribution in [0.5, 0.6) is 11.5 Å². The molecule has 0 spiro atoms. The van der Waals surface area contributed by atoms with E-state index >= 15 is 0 Å². The average Bonchev–Trinajstić information content (AvgIpc) is 2.72. The lowest BCUT2D eigenvalue weighted by Gasteiger charge is -2.09. The van der Waals surface area contributed by atoms with Crippen molar-refractivity contribution < 1.29 is 18.7 Å². The Labute approximate surface area is 161 Å². The second-order valence-corrected chi connectivity index (χ2v) is 5.70. The molecule has 0 saturated heterocycles. The van der Waals surface area contributed by atoms with Crippen molar-refractivity contribution in [2.24, 2.45) is 0 Å². The summed E-state index contributed by atoms with van der Waals surface area (Å²) in [6.07, 6.45) is 2.80. The van der Waals surface area contributed by atoms with E-state index < -0.39 is 11.7 Å². The molecule has 1 aromatic heterocycles. The zero-order valence-corrected chi connectivity index (χ0v) is 15.2. The minimum absolute atomic E-state index is 0.129. The number of carbonyl (C=O) groups excluding carboxylic acids is 1. The van der Waals surface area contributed by atoms with Gasteiger partial charge < -0.3 is 20.1 Å². The summed E-state index contributed by atoms with van der Waals surface area (Å²) in [5, 5.41) is 5.62. The number of methoxy groups -OCH3 is 1. The summed E-state index contributed by atoms with van der Waals surface area (Å²) < 4.78 is 23.9. The highest BCUT2D eigenvalue weighted by atomic mass is 19.1. The Morgan fingerprint density at radius 2 is 1.86 bits per heavy atom. The Hall–Kier alpha value is -3.68. The fourth-order valence-electron chi connectivity index (χ4n) is 2.32. The van der Waals surface area contributed by atoms with Crippen LogP contribution in [-0.4, -0.2) is 36.1 Å². The maximum absolute atomic E-state index is 13.2. The Bertz CT molecular complexity index is 917. The molecule has 8 heteroatoms. The third kappa shape index (κ3) is 5.41. The van der Waals surface area contributed by atoms with Crippen LogP contribution in [0.4, 0.5) is 15.9 Å². The minimum atomic E-state index is -0.465. The van der Waals surface area contributed by atoms with Gasteiger partial charge in [0.2, 0.25) is 0 Å². The molecule has 0 bridgehead atoms. The van der Waals surface area contributed by atoms with Crippen LogP contribution in [0.1, 0.15) is 10.5 Å². The van der Waals surface area contributed by atoms with E-state index in [1.807, 2.05) is 24.3 Å². The van der Waals surface area contributed by atoms with Crippen molar-refractivity contribution in [1.29, 1.82) is 0 Å². The van der Waals surface area contributed by atoms with Crippen LogP contribution in [0.25, 0.3) is 0 Å². The van der Waals surface area contributed by atoms with E-state index in [0.29, 0.717) is 24.7 Å². The number of hydrogen-bond acceptors (Lipinski definition) is 6. The maximum Gasteiger partial charge on any atom is 0.275 e. The van der Waals surface area contributed by atoms with Crippen LogP contribution in [0.3, 0.4) is 0 Å². The molecule has 0 radical (unpaired) electrons. The van der Waals surface area contributed by atoms with Gasteiger partial charge in [-0.25, -0.2) is 14.4 Å². The quantitative estimate of drug-likeness (QED) is 0.581. The third-order valence-electron chi connectivity index (χ3n) is 3.70. The topological polar surface area (TPSA) is 85.4 Å². The number of nitrogens with one attached hydrogen (secondary N) is 2. The number of halogens is 1. The molecule has 0 unspecified atom stereocenters. The first-order chi connectivity index (χ1) is 13.6. The molecular weight excluding hydrogens is 363 g/mol. The maximum atomic E-state index is 13.2. The van der Waals surface area contributed by atoms with Gasteiger partial charge in [0.1, 0.15) is 35.4 Å². The van der Waals surface area contributed by atoms with Gasteiger partial charge in [0, 0.05) is 5.69 Å². The third-order valence-corrected chi connectivity index (χ3v) is 3.70. The van der Waals surface area contributed by atoms with Gasteiger partial charge in [-0.3, -0.25) is 4.79 Å². The molecular formula is C20H19FN4O3. The molecule has 0 aliphatic carbocycles. The SMILES string of the molecule is COc1ccc(OCCNc2cnc(C(=O)Nc3cccc(F)c3)cn2)cc1. The number of anilines is 2. The van der Waals surface area contributed by atoms with Gasteiger partial charge in [-0.2, -0.15) is 0 Å². The van der Waals surface area contributed by atoms with Crippen molar-refractivity contribution >= 4 is 17.4 Å². The van der Waals surface area contributed by atoms with Crippen LogP contribution in [0.15, 0.2) is 60.9 Å². The molecule has 0 saturated carbocycles. The lowest BCUT2D eigenvalue weighted by Crippen LogP contribution is -2.16. The highest BCUT2D eigenvalue weighted by Gasteiger charge is 2.09. The van der Waals surface area contributed by atoms with E-state index in [1.54, 1.807) is 13.2 Å². The van der Waals surface area contributed by atoms with Crippen molar-refractivity contribution in [2.45, 2.75) is 0 Å². The van der Waals surface area contributed by atoms with Crippen molar-refractivity contribution in [1.82, 2.24) is 9.97 Å². The van der Waals surface area contributed by atoms with Crippen LogP contribution >= 0.6 is 0 Å². The largest absolute Gasteiger partial charge is 0.497 e. The molecule has 144 valence electrons. The predicted molar refractivity (Wildman–Crippen MR) is 103 cm³/mol. The summed E-state index contributed by atoms with van der Waals surface area (Å²) in [4.78, 5) is 20.3. The number of carbonyl (C=O) groups is 1. The van der Waals surface area contributed by atoms with Crippen molar-refractivity contribution in [3.63, 3.8) is 0 Å². The Kier molecular flexibility index (Phi) is 6.35. The van der Waals surface area contributed by atoms with Gasteiger partial charge >= 0.3 is 0 Å². The van der Waals surface area contributed by atoms with Crippen molar-refractivity contribution in [3.05, 3.63) is 72.4 Å². The molecule has 0 aliphatic rings. The zero-order valence-electron chi connectivity index (χ0n) is 15.2. The van der Waals surface area contributed by atoms with Crippen LogP contribution in [0, 0.1) is 5.82 Å². The van der Waals surface area contributed by atoms with Crippen molar-refractivity contribution in [3.8, 4) is 11.5 Å². The summed E-state index contributed by atoms with van der Waals surface area (Å²) in [7, 11) is 1.61. The number of aromatic nitrogens is 2. The highest BCUT2D eigenvalue weighted by molar-refractivity contribution is 6.02. The highest BCUT2D eigenvalue weighted by Crippen LogP contribution is 2.16. The molecule has 7 nitrogen and oxygen atoms in total. The Balaban J connectivity index is 1.45. The summed E-state index contributed by atoms with van der Waals surface area (Å²) in [6.45, 7) is 0.936. The van der Waals surface area contributed by atoms with Gasteiger partial charge in [-0.1, -0.05) is 6.07 Å². The molecule has 0 aliphatic heterocycles. The zero-order chi connectivity index (χ0) is 19.8. The van der Waals surface area contributed by atoms with E-state index in [2.05, 4.69) is 20.6 Å². The van der Waals surface area contributed by atoms with Crippen LogP contribution in [0.2, 0.25) is 0 Å². The first-order valence-electron chi connectivity index (χ1n) is 8.54. The predicted octanol–water partition coefficient (Wildman–Crippen LogP) is 3.37. The molecule has 0 fully saturated rings. The summed E-state index contributed by atoms with van der Waals surface area (Å²) in [5.41, 5.74) is 0.481. The van der Waals surface area contributed by atoms with Gasteiger partial charge in [-0.15, -0.1) is 0 Å². The molecule has 2 aromatic carbocycles. The molecule has 28 heavy (non-hydrogen) atoms. The van der Waals surface area contributed by atoms with Crippen LogP contribution in [-0.2, 0) is 0 Å². The summed E-state index contributed by atoms with van der Waals surface area (Å²) in [5.74, 6) is 1.12. The van der Waals surface area contributed by atoms with Gasteiger partial charge in [0.05, 0.1) is 26.0 Å². The standard InChI is InChI=1S/C20H19FN4O3/c1-27-16-5-7-17(8-6-16)28-10-9-22-19-13-23-18(12-24-19)20(26)25-15-4-2-3-14(21)11-15/h2-8,11-13H,9-10H2,1H3,(H,22,24)(H,25,26). The number of hydrogen-bond donors (Lipinski definition) is 2. The molecule has 2 N–H and O–H groups in total.